The van der Waals surface area contributed by atoms with Crippen LogP contribution in [0.4, 0.5) is 0 Å². The fraction of sp³-hybridized carbons (Fsp3) is 0.500. The van der Waals surface area contributed by atoms with Crippen LogP contribution in [0.2, 0.25) is 0 Å². The summed E-state index contributed by atoms with van der Waals surface area (Å²) in [5.74, 6) is 2.15. The summed E-state index contributed by atoms with van der Waals surface area (Å²) in [7, 11) is -3.65. The van der Waals surface area contributed by atoms with Crippen LogP contribution in [0.25, 0.3) is 0 Å². The normalized spacial score (nSPS) is 18.4. The first-order valence-corrected chi connectivity index (χ1v) is 10.2. The zero-order valence-corrected chi connectivity index (χ0v) is 15.3. The van der Waals surface area contributed by atoms with Crippen molar-refractivity contribution in [1.82, 2.24) is 9.62 Å². The Kier molecular flexibility index (Phi) is 5.39. The predicted octanol–water partition coefficient (Wildman–Crippen LogP) is 2.17. The molecule has 1 N–H and O–H groups in total. The highest BCUT2D eigenvalue weighted by atomic mass is 32.2. The van der Waals surface area contributed by atoms with Gasteiger partial charge in [0.05, 0.1) is 10.5 Å². The van der Waals surface area contributed by atoms with Crippen LogP contribution in [-0.2, 0) is 10.0 Å². The Morgan fingerprint density at radius 3 is 2.58 bits per heavy atom. The van der Waals surface area contributed by atoms with E-state index < -0.39 is 21.6 Å². The highest BCUT2D eigenvalue weighted by Gasteiger charge is 2.38. The van der Waals surface area contributed by atoms with Crippen molar-refractivity contribution in [3.63, 3.8) is 0 Å². The molecule has 2 aliphatic heterocycles. The molecule has 138 valence electrons. The number of carbonyl (C=O) groups excluding carboxylic acids is 1. The molecule has 26 heavy (non-hydrogen) atoms. The Balaban J connectivity index is 1.66. The Morgan fingerprint density at radius 2 is 1.92 bits per heavy atom. The average molecular weight is 374 g/mol. The second-order valence-electron chi connectivity index (χ2n) is 6.50. The van der Waals surface area contributed by atoms with E-state index in [1.165, 1.54) is 16.4 Å². The predicted molar refractivity (Wildman–Crippen MR) is 97.0 cm³/mol. The monoisotopic (exact) mass is 374 g/mol. The summed E-state index contributed by atoms with van der Waals surface area (Å²) < 4.78 is 27.1. The van der Waals surface area contributed by atoms with E-state index >= 15 is 0 Å². The van der Waals surface area contributed by atoms with Gasteiger partial charge >= 0.3 is 0 Å². The van der Waals surface area contributed by atoms with E-state index in [0.717, 1.165) is 12.8 Å². The third-order valence-corrected chi connectivity index (χ3v) is 6.63. The van der Waals surface area contributed by atoms with Crippen LogP contribution in [-0.4, -0.2) is 43.9 Å². The lowest BCUT2D eigenvalue weighted by atomic mass is 10.0. The first-order valence-electron chi connectivity index (χ1n) is 8.73. The van der Waals surface area contributed by atoms with Gasteiger partial charge < -0.3 is 5.32 Å². The molecule has 1 aromatic carbocycles. The number of nitrogens with one attached hydrogen (secondary N) is 1. The Morgan fingerprint density at radius 1 is 1.23 bits per heavy atom. The average Bonchev–Trinajstić information content (AvgIpc) is 3.18. The number of carbonyl (C=O) groups is 1. The SMILES string of the molecule is C#CCCC1(CCNC(=O)c2ccccc2S(=O)(=O)N2CCCC2)N=N1. The van der Waals surface area contributed by atoms with E-state index in [1.807, 2.05) is 0 Å². The molecule has 0 spiro atoms. The van der Waals surface area contributed by atoms with Gasteiger partial charge in [0, 0.05) is 38.9 Å². The Labute approximate surface area is 153 Å². The number of hydrogen-bond donors (Lipinski definition) is 1. The van der Waals surface area contributed by atoms with Crippen molar-refractivity contribution in [3.05, 3.63) is 29.8 Å². The topological polar surface area (TPSA) is 91.2 Å². The Hall–Kier alpha value is -2.24. The van der Waals surface area contributed by atoms with Crippen LogP contribution < -0.4 is 5.32 Å². The van der Waals surface area contributed by atoms with E-state index in [9.17, 15) is 13.2 Å². The fourth-order valence-corrected chi connectivity index (χ4v) is 4.79. The molecule has 1 amide bonds. The molecule has 0 radical (unpaired) electrons. The standard InChI is InChI=1S/C18H22N4O3S/c1-2-3-10-18(20-21-18)11-12-19-17(23)15-8-4-5-9-16(15)26(24,25)22-13-6-7-14-22/h1,4-5,8-9H,3,6-7,10-14H2,(H,19,23). The third kappa shape index (κ3) is 3.94. The molecule has 0 unspecified atom stereocenters. The fourth-order valence-electron chi connectivity index (χ4n) is 3.09. The maximum absolute atomic E-state index is 12.8. The van der Waals surface area contributed by atoms with Crippen molar-refractivity contribution in [2.75, 3.05) is 19.6 Å². The van der Waals surface area contributed by atoms with E-state index in [-0.39, 0.29) is 10.5 Å². The molecule has 2 aliphatic rings. The smallest absolute Gasteiger partial charge is 0.252 e. The van der Waals surface area contributed by atoms with Crippen molar-refractivity contribution < 1.29 is 13.2 Å². The summed E-state index contributed by atoms with van der Waals surface area (Å²) in [6.07, 6.45) is 8.76. The number of nitrogens with zero attached hydrogens (tertiary/aromatic N) is 3. The third-order valence-electron chi connectivity index (χ3n) is 4.68. The maximum Gasteiger partial charge on any atom is 0.252 e. The van der Waals surface area contributed by atoms with Gasteiger partial charge in [-0.15, -0.1) is 12.3 Å². The van der Waals surface area contributed by atoms with Crippen LogP contribution in [0.1, 0.15) is 42.5 Å². The van der Waals surface area contributed by atoms with Crippen LogP contribution in [0, 0.1) is 12.3 Å². The quantitative estimate of drug-likeness (QED) is 0.707. The molecule has 0 saturated carbocycles. The van der Waals surface area contributed by atoms with Crippen LogP contribution in [0.15, 0.2) is 39.4 Å². The minimum absolute atomic E-state index is 0.0576. The lowest BCUT2D eigenvalue weighted by molar-refractivity contribution is 0.0948. The van der Waals surface area contributed by atoms with Gasteiger partial charge in [-0.2, -0.15) is 14.5 Å². The van der Waals surface area contributed by atoms with Gasteiger partial charge in [0.15, 0.2) is 5.66 Å². The number of terminal acetylenes is 1. The first-order chi connectivity index (χ1) is 12.5. The van der Waals surface area contributed by atoms with E-state index in [1.54, 1.807) is 12.1 Å². The van der Waals surface area contributed by atoms with Crippen molar-refractivity contribution in [2.45, 2.75) is 42.7 Å². The van der Waals surface area contributed by atoms with Crippen LogP contribution in [0.3, 0.4) is 0 Å². The van der Waals surface area contributed by atoms with Gasteiger partial charge in [-0.25, -0.2) is 8.42 Å². The second kappa shape index (κ2) is 7.56. The molecule has 2 heterocycles. The molecule has 0 bridgehead atoms. The molecule has 1 aromatic rings. The van der Waals surface area contributed by atoms with Gasteiger partial charge in [-0.05, 0) is 25.0 Å². The van der Waals surface area contributed by atoms with E-state index in [2.05, 4.69) is 21.5 Å². The van der Waals surface area contributed by atoms with Gasteiger partial charge in [0.2, 0.25) is 10.0 Å². The number of hydrogen-bond acceptors (Lipinski definition) is 5. The van der Waals surface area contributed by atoms with Crippen molar-refractivity contribution >= 4 is 15.9 Å². The number of amides is 1. The molecule has 1 fully saturated rings. The molecule has 0 aromatic heterocycles. The molecule has 1 saturated heterocycles. The van der Waals surface area contributed by atoms with Crippen molar-refractivity contribution in [1.29, 1.82) is 0 Å². The molecular formula is C18H22N4O3S. The molecule has 8 heteroatoms. The lowest BCUT2D eigenvalue weighted by Gasteiger charge is -2.18. The van der Waals surface area contributed by atoms with Gasteiger partial charge in [-0.1, -0.05) is 12.1 Å². The zero-order chi connectivity index (χ0) is 18.6. The maximum atomic E-state index is 12.8. The molecular weight excluding hydrogens is 352 g/mol. The Bertz CT molecular complexity index is 845. The van der Waals surface area contributed by atoms with Gasteiger partial charge in [0.25, 0.3) is 5.91 Å². The minimum Gasteiger partial charge on any atom is -0.352 e. The van der Waals surface area contributed by atoms with E-state index in [0.29, 0.717) is 38.9 Å². The molecule has 7 nitrogen and oxygen atoms in total. The summed E-state index contributed by atoms with van der Waals surface area (Å²) in [5.41, 5.74) is -0.303. The van der Waals surface area contributed by atoms with Gasteiger partial charge in [-0.3, -0.25) is 4.79 Å². The lowest BCUT2D eigenvalue weighted by Crippen LogP contribution is -2.32. The van der Waals surface area contributed by atoms with Gasteiger partial charge in [0.1, 0.15) is 0 Å². The number of rotatable bonds is 8. The zero-order valence-electron chi connectivity index (χ0n) is 14.5. The summed E-state index contributed by atoms with van der Waals surface area (Å²) in [4.78, 5) is 12.6. The highest BCUT2D eigenvalue weighted by Crippen LogP contribution is 2.36. The van der Waals surface area contributed by atoms with Crippen LogP contribution >= 0.6 is 0 Å². The number of benzene rings is 1. The molecule has 3 rings (SSSR count). The molecule has 0 aliphatic carbocycles. The van der Waals surface area contributed by atoms with Crippen LogP contribution in [0.5, 0.6) is 0 Å². The summed E-state index contributed by atoms with van der Waals surface area (Å²) >= 11 is 0. The summed E-state index contributed by atoms with van der Waals surface area (Å²) in [5, 5.41) is 10.8. The van der Waals surface area contributed by atoms with Crippen molar-refractivity contribution in [3.8, 4) is 12.3 Å². The first kappa shape index (κ1) is 18.5. The highest BCUT2D eigenvalue weighted by molar-refractivity contribution is 7.89. The largest absolute Gasteiger partial charge is 0.352 e. The summed E-state index contributed by atoms with van der Waals surface area (Å²) in [6, 6.07) is 6.33. The summed E-state index contributed by atoms with van der Waals surface area (Å²) in [6.45, 7) is 1.35. The minimum atomic E-state index is -3.65. The van der Waals surface area contributed by atoms with E-state index in [4.69, 9.17) is 6.42 Å². The molecule has 0 atom stereocenters. The van der Waals surface area contributed by atoms with Crippen molar-refractivity contribution in [2.24, 2.45) is 10.2 Å². The number of sulfonamides is 1. The second-order valence-corrected chi connectivity index (χ2v) is 8.41.